The third-order valence-corrected chi connectivity index (χ3v) is 9.46. The molecule has 0 amide bonds. The predicted octanol–water partition coefficient (Wildman–Crippen LogP) is 11.5. The van der Waals surface area contributed by atoms with Crippen LogP contribution in [0.25, 0.3) is 32.7 Å². The van der Waals surface area contributed by atoms with Gasteiger partial charge in [0.05, 0.1) is 0 Å². The van der Waals surface area contributed by atoms with Gasteiger partial charge in [-0.2, -0.15) is 0 Å². The molecule has 2 aliphatic rings. The van der Waals surface area contributed by atoms with Crippen molar-refractivity contribution < 1.29 is 0 Å². The van der Waals surface area contributed by atoms with Crippen molar-refractivity contribution >= 4 is 32.7 Å². The number of hydrogen-bond donors (Lipinski definition) is 0. The van der Waals surface area contributed by atoms with Crippen LogP contribution in [-0.4, -0.2) is 0 Å². The Balaban J connectivity index is 1.59. The maximum atomic E-state index is 2.56. The molecule has 0 atom stereocenters. The van der Waals surface area contributed by atoms with Gasteiger partial charge >= 0.3 is 0 Å². The van der Waals surface area contributed by atoms with Crippen LogP contribution in [0.3, 0.4) is 0 Å². The van der Waals surface area contributed by atoms with Crippen LogP contribution >= 0.6 is 0 Å². The van der Waals surface area contributed by atoms with E-state index in [0.717, 1.165) is 12.8 Å². The summed E-state index contributed by atoms with van der Waals surface area (Å²) in [5, 5.41) is 5.61. The lowest BCUT2D eigenvalue weighted by molar-refractivity contribution is 0.647. The largest absolute Gasteiger partial charge is 0.0654 e. The Morgan fingerprint density at radius 1 is 0.538 bits per heavy atom. The van der Waals surface area contributed by atoms with Crippen LogP contribution in [0.2, 0.25) is 0 Å². The molecule has 0 saturated heterocycles. The number of allylic oxidation sites excluding steroid dienone is 4. The zero-order valence-electron chi connectivity index (χ0n) is 24.5. The Morgan fingerprint density at radius 3 is 1.41 bits per heavy atom. The van der Waals surface area contributed by atoms with Crippen LogP contribution in [0.1, 0.15) is 101 Å². The first-order valence-corrected chi connectivity index (χ1v) is 15.5. The van der Waals surface area contributed by atoms with Gasteiger partial charge < -0.3 is 0 Å². The molecule has 0 aromatic heterocycles. The quantitative estimate of drug-likeness (QED) is 0.185. The number of hydrogen-bond acceptors (Lipinski definition) is 0. The minimum atomic E-state index is -0.0617. The normalized spacial score (nSPS) is 15.1. The molecule has 4 aromatic carbocycles. The SMILES string of the molecule is CCCCCC1=C(C(C)(C)C2=C(CCCCC)Cc3ccc4ccccc4c32)c2c(ccc3ccccc23)C1. The molecular weight excluding hydrogens is 468 g/mol. The summed E-state index contributed by atoms with van der Waals surface area (Å²) in [6.07, 6.45) is 12.4. The first-order valence-electron chi connectivity index (χ1n) is 15.5. The molecule has 39 heavy (non-hydrogen) atoms. The fourth-order valence-electron chi connectivity index (χ4n) is 7.75. The molecule has 0 nitrogen and oxygen atoms in total. The van der Waals surface area contributed by atoms with Crippen molar-refractivity contribution in [3.63, 3.8) is 0 Å². The summed E-state index contributed by atoms with van der Waals surface area (Å²) in [6.45, 7) is 9.77. The van der Waals surface area contributed by atoms with Crippen LogP contribution in [-0.2, 0) is 12.8 Å². The van der Waals surface area contributed by atoms with Gasteiger partial charge in [-0.05, 0) is 93.5 Å². The van der Waals surface area contributed by atoms with E-state index < -0.39 is 0 Å². The monoisotopic (exact) mass is 512 g/mol. The molecular formula is C39H44. The summed E-state index contributed by atoms with van der Waals surface area (Å²) in [6, 6.07) is 27.7. The van der Waals surface area contributed by atoms with Crippen molar-refractivity contribution in [3.8, 4) is 0 Å². The molecule has 0 unspecified atom stereocenters. The van der Waals surface area contributed by atoms with Gasteiger partial charge in [0.2, 0.25) is 0 Å². The lowest BCUT2D eigenvalue weighted by Gasteiger charge is -2.34. The summed E-state index contributed by atoms with van der Waals surface area (Å²) in [5.41, 5.74) is 12.7. The second kappa shape index (κ2) is 10.8. The number of benzene rings is 4. The summed E-state index contributed by atoms with van der Waals surface area (Å²) < 4.78 is 0. The van der Waals surface area contributed by atoms with Crippen molar-refractivity contribution in [3.05, 3.63) is 106 Å². The zero-order chi connectivity index (χ0) is 27.0. The Morgan fingerprint density at radius 2 is 0.974 bits per heavy atom. The van der Waals surface area contributed by atoms with E-state index in [0.29, 0.717) is 0 Å². The lowest BCUT2D eigenvalue weighted by atomic mass is 9.69. The van der Waals surface area contributed by atoms with E-state index in [1.807, 2.05) is 0 Å². The average molecular weight is 513 g/mol. The van der Waals surface area contributed by atoms with Gasteiger partial charge in [-0.1, -0.05) is 137 Å². The Kier molecular flexibility index (Phi) is 7.23. The van der Waals surface area contributed by atoms with Crippen molar-refractivity contribution in [1.29, 1.82) is 0 Å². The fourth-order valence-corrected chi connectivity index (χ4v) is 7.75. The smallest absolute Gasteiger partial charge is 0.0158 e. The Hall–Kier alpha value is -3.12. The van der Waals surface area contributed by atoms with Gasteiger partial charge in [-0.3, -0.25) is 0 Å². The van der Waals surface area contributed by atoms with E-state index in [1.54, 1.807) is 33.4 Å². The van der Waals surface area contributed by atoms with Crippen LogP contribution in [0.4, 0.5) is 0 Å². The number of unbranched alkanes of at least 4 members (excludes halogenated alkanes) is 4. The highest BCUT2D eigenvalue weighted by atomic mass is 14.4. The zero-order valence-corrected chi connectivity index (χ0v) is 24.5. The number of fused-ring (bicyclic) bond motifs is 6. The lowest BCUT2D eigenvalue weighted by Crippen LogP contribution is -2.18. The van der Waals surface area contributed by atoms with E-state index >= 15 is 0 Å². The molecule has 6 rings (SSSR count). The molecule has 0 aliphatic heterocycles. The van der Waals surface area contributed by atoms with Crippen molar-refractivity contribution in [2.75, 3.05) is 0 Å². The molecule has 0 N–H and O–H groups in total. The second-order valence-electron chi connectivity index (χ2n) is 12.5. The molecule has 0 heteroatoms. The maximum Gasteiger partial charge on any atom is 0.0158 e. The van der Waals surface area contributed by atoms with Crippen LogP contribution < -0.4 is 0 Å². The molecule has 0 fully saturated rings. The van der Waals surface area contributed by atoms with Crippen LogP contribution in [0, 0.1) is 5.41 Å². The minimum absolute atomic E-state index is 0.0617. The predicted molar refractivity (Wildman–Crippen MR) is 171 cm³/mol. The van der Waals surface area contributed by atoms with E-state index in [9.17, 15) is 0 Å². The molecule has 0 saturated carbocycles. The molecule has 0 spiro atoms. The third kappa shape index (κ3) is 4.57. The van der Waals surface area contributed by atoms with E-state index in [-0.39, 0.29) is 5.41 Å². The molecule has 4 aromatic rings. The highest BCUT2D eigenvalue weighted by molar-refractivity contribution is 6.06. The van der Waals surface area contributed by atoms with Gasteiger partial charge in [0, 0.05) is 5.41 Å². The average Bonchev–Trinajstić information content (AvgIpc) is 3.53. The standard InChI is InChI=1S/C39H44/c1-5-7-9-17-31-25-29-23-21-27-15-11-13-19-33(27)35(29)37(31)39(3,4)38-32(18-10-8-6-2)26-30-24-22-28-16-12-14-20-34(28)36(30)38/h11-16,19-24H,5-10,17-18,25-26H2,1-4H3. The van der Waals surface area contributed by atoms with E-state index in [1.165, 1.54) is 84.0 Å². The summed E-state index contributed by atoms with van der Waals surface area (Å²) in [7, 11) is 0. The highest BCUT2D eigenvalue weighted by Crippen LogP contribution is 2.58. The fraction of sp³-hybridized carbons (Fsp3) is 0.385. The molecule has 2 aliphatic carbocycles. The number of rotatable bonds is 10. The van der Waals surface area contributed by atoms with Gasteiger partial charge in [0.15, 0.2) is 0 Å². The van der Waals surface area contributed by atoms with Gasteiger partial charge in [-0.15, -0.1) is 0 Å². The van der Waals surface area contributed by atoms with Crippen molar-refractivity contribution in [2.24, 2.45) is 5.41 Å². The Bertz CT molecular complexity index is 1470. The second-order valence-corrected chi connectivity index (χ2v) is 12.5. The highest BCUT2D eigenvalue weighted by Gasteiger charge is 2.41. The van der Waals surface area contributed by atoms with Crippen LogP contribution in [0.15, 0.2) is 83.9 Å². The molecule has 0 heterocycles. The summed E-state index contributed by atoms with van der Waals surface area (Å²) in [4.78, 5) is 0. The van der Waals surface area contributed by atoms with Gasteiger partial charge in [0.1, 0.15) is 0 Å². The van der Waals surface area contributed by atoms with Gasteiger partial charge in [0.25, 0.3) is 0 Å². The first-order chi connectivity index (χ1) is 19.0. The van der Waals surface area contributed by atoms with Crippen molar-refractivity contribution in [2.45, 2.75) is 91.9 Å². The molecule has 200 valence electrons. The van der Waals surface area contributed by atoms with E-state index in [2.05, 4.69) is 100 Å². The van der Waals surface area contributed by atoms with Crippen molar-refractivity contribution in [1.82, 2.24) is 0 Å². The maximum absolute atomic E-state index is 2.56. The summed E-state index contributed by atoms with van der Waals surface area (Å²) in [5.74, 6) is 0. The first kappa shape index (κ1) is 26.1. The Labute approximate surface area is 235 Å². The van der Waals surface area contributed by atoms with E-state index in [4.69, 9.17) is 0 Å². The van der Waals surface area contributed by atoms with Crippen LogP contribution in [0.5, 0.6) is 0 Å². The molecule has 0 radical (unpaired) electrons. The molecule has 0 bridgehead atoms. The van der Waals surface area contributed by atoms with Gasteiger partial charge in [-0.25, -0.2) is 0 Å². The summed E-state index contributed by atoms with van der Waals surface area (Å²) >= 11 is 0. The third-order valence-electron chi connectivity index (χ3n) is 9.46. The topological polar surface area (TPSA) is 0 Å². The minimum Gasteiger partial charge on any atom is -0.0654 e.